The summed E-state index contributed by atoms with van der Waals surface area (Å²) in [5.41, 5.74) is 18.9. The average molecular weight is 564 g/mol. The minimum absolute atomic E-state index is 0.0715. The van der Waals surface area contributed by atoms with Crippen LogP contribution in [-0.4, -0.2) is 6.17 Å². The molecule has 43 heavy (non-hydrogen) atoms. The summed E-state index contributed by atoms with van der Waals surface area (Å²) >= 11 is 0. The van der Waals surface area contributed by atoms with Crippen LogP contribution in [0.15, 0.2) is 115 Å². The van der Waals surface area contributed by atoms with Gasteiger partial charge < -0.3 is 11.1 Å². The van der Waals surface area contributed by atoms with Gasteiger partial charge in [0.1, 0.15) is 6.17 Å². The highest BCUT2D eigenvalue weighted by atomic mass is 15.2. The molecule has 3 nitrogen and oxygen atoms in total. The van der Waals surface area contributed by atoms with Crippen molar-refractivity contribution >= 4 is 22.4 Å². The molecule has 4 N–H and O–H groups in total. The van der Waals surface area contributed by atoms with Crippen LogP contribution in [0.1, 0.15) is 78.9 Å². The fraction of sp³-hybridized carbons (Fsp3) is 0.250. The molecule has 0 saturated carbocycles. The lowest BCUT2D eigenvalue weighted by atomic mass is 9.75. The van der Waals surface area contributed by atoms with Gasteiger partial charge in [0, 0.05) is 5.92 Å². The van der Waals surface area contributed by atoms with Crippen LogP contribution in [0.5, 0.6) is 0 Å². The minimum Gasteiger partial charge on any atom is -0.372 e. The van der Waals surface area contributed by atoms with Gasteiger partial charge in [0.15, 0.2) is 0 Å². The lowest BCUT2D eigenvalue weighted by Gasteiger charge is -2.29. The van der Waals surface area contributed by atoms with Gasteiger partial charge in [-0.1, -0.05) is 116 Å². The smallest absolute Gasteiger partial charge is 0.105 e. The first-order valence-corrected chi connectivity index (χ1v) is 15.9. The summed E-state index contributed by atoms with van der Waals surface area (Å²) in [4.78, 5) is 0. The predicted molar refractivity (Wildman–Crippen MR) is 182 cm³/mol. The Bertz CT molecular complexity index is 1740. The molecule has 3 unspecified atom stereocenters. The second-order valence-electron chi connectivity index (χ2n) is 12.1. The Labute approximate surface area is 255 Å². The molecule has 1 heterocycles. The maximum absolute atomic E-state index is 6.76. The molecular weight excluding hydrogens is 522 g/mol. The molecule has 4 aromatic carbocycles. The quantitative estimate of drug-likeness (QED) is 0.155. The summed E-state index contributed by atoms with van der Waals surface area (Å²) in [6.07, 6.45) is 20.3. The van der Waals surface area contributed by atoms with E-state index in [1.54, 1.807) is 16.7 Å². The van der Waals surface area contributed by atoms with E-state index in [9.17, 15) is 0 Å². The summed E-state index contributed by atoms with van der Waals surface area (Å²) in [5.74, 6) is 0.507. The molecule has 3 aliphatic rings. The second-order valence-corrected chi connectivity index (χ2v) is 12.1. The molecule has 3 atom stereocenters. The normalized spacial score (nSPS) is 20.2. The van der Waals surface area contributed by atoms with Gasteiger partial charge in [0.05, 0.1) is 6.17 Å². The van der Waals surface area contributed by atoms with Crippen molar-refractivity contribution in [2.45, 2.75) is 63.7 Å². The van der Waals surface area contributed by atoms with Crippen LogP contribution in [0.25, 0.3) is 33.5 Å². The first kappa shape index (κ1) is 27.6. The van der Waals surface area contributed by atoms with E-state index in [1.165, 1.54) is 57.9 Å². The Morgan fingerprint density at radius 1 is 0.907 bits per heavy atom. The summed E-state index contributed by atoms with van der Waals surface area (Å²) in [5, 5.41) is 9.83. The number of hydrogen-bond donors (Lipinski definition) is 3. The van der Waals surface area contributed by atoms with Gasteiger partial charge >= 0.3 is 0 Å². The molecule has 0 amide bonds. The van der Waals surface area contributed by atoms with Gasteiger partial charge in [-0.05, 0) is 106 Å². The lowest BCUT2D eigenvalue weighted by molar-refractivity contribution is 0.474. The number of rotatable bonds is 7. The number of nitrogens with one attached hydrogen (secondary N) is 2. The number of nitrogens with two attached hydrogens (primary N) is 1. The van der Waals surface area contributed by atoms with Crippen LogP contribution in [0.2, 0.25) is 0 Å². The van der Waals surface area contributed by atoms with E-state index in [0.29, 0.717) is 5.92 Å². The lowest BCUT2D eigenvalue weighted by Crippen LogP contribution is -2.46. The number of dihydropyridines is 1. The molecule has 0 radical (unpaired) electrons. The van der Waals surface area contributed by atoms with Gasteiger partial charge in [-0.15, -0.1) is 0 Å². The Hall–Kier alpha value is -4.18. The van der Waals surface area contributed by atoms with E-state index in [1.807, 2.05) is 18.3 Å². The third-order valence-electron chi connectivity index (χ3n) is 9.48. The standard InChI is InChI=1S/C40H41N3/c1-2-27-12-10-15-31(26-27)38-35-18-8-6-16-33(35)37(34-17-7-9-19-36(34)38)29-21-23-30(24-22-29)39(41)43-40-32(20-11-25-42-40)28-13-4-3-5-14-28/h3-8,11,13-14,16-18,20-26,31,39-40,42-43H,2,9-10,12,15,19,41H2,1H3. The average Bonchev–Trinajstić information content (AvgIpc) is 3.08. The molecule has 216 valence electrons. The van der Waals surface area contributed by atoms with Crippen molar-refractivity contribution in [3.05, 3.63) is 143 Å². The molecule has 0 fully saturated rings. The van der Waals surface area contributed by atoms with Crippen LogP contribution < -0.4 is 16.4 Å². The van der Waals surface area contributed by atoms with Crippen LogP contribution >= 0.6 is 0 Å². The highest BCUT2D eigenvalue weighted by Crippen LogP contribution is 2.46. The number of benzene rings is 4. The number of allylic oxidation sites excluding steroid dienone is 5. The highest BCUT2D eigenvalue weighted by Gasteiger charge is 2.26. The molecule has 4 aromatic rings. The topological polar surface area (TPSA) is 50.1 Å². The van der Waals surface area contributed by atoms with Crippen molar-refractivity contribution in [3.8, 4) is 11.1 Å². The van der Waals surface area contributed by atoms with Crippen molar-refractivity contribution in [2.24, 2.45) is 5.73 Å². The zero-order chi connectivity index (χ0) is 29.2. The minimum atomic E-state index is -0.316. The summed E-state index contributed by atoms with van der Waals surface area (Å²) in [6.45, 7) is 2.31. The van der Waals surface area contributed by atoms with Crippen molar-refractivity contribution in [3.63, 3.8) is 0 Å². The molecule has 3 heteroatoms. The molecule has 0 spiro atoms. The first-order valence-electron chi connectivity index (χ1n) is 15.9. The summed E-state index contributed by atoms with van der Waals surface area (Å²) in [7, 11) is 0. The molecule has 0 bridgehead atoms. The SMILES string of the molecule is CCC1=CC(c2c3c(c(-c4ccc(C(N)NC5NC=CC=C5c5ccccc5)cc4)c4ccccc24)C=CCC3)CCC1. The molecule has 7 rings (SSSR count). The van der Waals surface area contributed by atoms with Gasteiger partial charge in [-0.25, -0.2) is 0 Å². The molecule has 0 aromatic heterocycles. The number of fused-ring (bicyclic) bond motifs is 2. The van der Waals surface area contributed by atoms with Crippen LogP contribution in [0.3, 0.4) is 0 Å². The molecule has 1 aliphatic heterocycles. The fourth-order valence-electron chi connectivity index (χ4n) is 7.33. The summed E-state index contributed by atoms with van der Waals surface area (Å²) in [6, 6.07) is 28.5. The van der Waals surface area contributed by atoms with E-state index in [4.69, 9.17) is 5.73 Å². The van der Waals surface area contributed by atoms with Gasteiger partial charge in [0.2, 0.25) is 0 Å². The van der Waals surface area contributed by atoms with Gasteiger partial charge in [-0.3, -0.25) is 5.32 Å². The zero-order valence-electron chi connectivity index (χ0n) is 25.0. The van der Waals surface area contributed by atoms with E-state index in [0.717, 1.165) is 24.8 Å². The fourth-order valence-corrected chi connectivity index (χ4v) is 7.33. The van der Waals surface area contributed by atoms with E-state index < -0.39 is 0 Å². The maximum Gasteiger partial charge on any atom is 0.105 e. The van der Waals surface area contributed by atoms with Crippen molar-refractivity contribution in [1.82, 2.24) is 10.6 Å². The van der Waals surface area contributed by atoms with E-state index in [2.05, 4.69) is 115 Å². The Morgan fingerprint density at radius 3 is 2.51 bits per heavy atom. The number of hydrogen-bond acceptors (Lipinski definition) is 3. The van der Waals surface area contributed by atoms with E-state index in [-0.39, 0.29) is 12.3 Å². The molecule has 2 aliphatic carbocycles. The van der Waals surface area contributed by atoms with Gasteiger partial charge in [-0.2, -0.15) is 0 Å². The Balaban J connectivity index is 1.23. The van der Waals surface area contributed by atoms with Crippen LogP contribution in [0, 0.1) is 0 Å². The summed E-state index contributed by atoms with van der Waals surface area (Å²) < 4.78 is 0. The Morgan fingerprint density at radius 2 is 1.70 bits per heavy atom. The van der Waals surface area contributed by atoms with Crippen LogP contribution in [0.4, 0.5) is 0 Å². The van der Waals surface area contributed by atoms with Crippen LogP contribution in [-0.2, 0) is 6.42 Å². The molecular formula is C40H41N3. The van der Waals surface area contributed by atoms with Crippen molar-refractivity contribution in [2.75, 3.05) is 0 Å². The van der Waals surface area contributed by atoms with Crippen molar-refractivity contribution < 1.29 is 0 Å². The zero-order valence-corrected chi connectivity index (χ0v) is 25.0. The third-order valence-corrected chi connectivity index (χ3v) is 9.48. The monoisotopic (exact) mass is 563 g/mol. The molecule has 0 saturated heterocycles. The largest absolute Gasteiger partial charge is 0.372 e. The second kappa shape index (κ2) is 12.2. The predicted octanol–water partition coefficient (Wildman–Crippen LogP) is 9.14. The highest BCUT2D eigenvalue weighted by molar-refractivity contribution is 6.04. The van der Waals surface area contributed by atoms with E-state index >= 15 is 0 Å². The Kier molecular flexibility index (Phi) is 7.84. The maximum atomic E-state index is 6.76. The van der Waals surface area contributed by atoms with Crippen molar-refractivity contribution in [1.29, 1.82) is 0 Å². The first-order chi connectivity index (χ1) is 21.2. The van der Waals surface area contributed by atoms with Gasteiger partial charge in [0.25, 0.3) is 0 Å². The third kappa shape index (κ3) is 5.40.